The third-order valence-electron chi connectivity index (χ3n) is 2.64. The second kappa shape index (κ2) is 8.32. The van der Waals surface area contributed by atoms with Crippen molar-refractivity contribution in [2.75, 3.05) is 32.2 Å². The highest BCUT2D eigenvalue weighted by molar-refractivity contribution is 7.98. The Bertz CT molecular complexity index is 571. The maximum absolute atomic E-state index is 12.3. The van der Waals surface area contributed by atoms with E-state index in [4.69, 9.17) is 5.11 Å². The van der Waals surface area contributed by atoms with E-state index in [1.807, 2.05) is 6.26 Å². The molecule has 0 amide bonds. The lowest BCUT2D eigenvalue weighted by molar-refractivity contribution is 0.305. The highest BCUT2D eigenvalue weighted by Gasteiger charge is 2.19. The maximum atomic E-state index is 12.3. The van der Waals surface area contributed by atoms with Crippen molar-refractivity contribution in [1.82, 2.24) is 4.31 Å². The number of thioether (sulfide) groups is 1. The van der Waals surface area contributed by atoms with Gasteiger partial charge in [-0.25, -0.2) is 12.7 Å². The van der Waals surface area contributed by atoms with Gasteiger partial charge in [0.25, 0.3) is 0 Å². The first-order valence-corrected chi connectivity index (χ1v) is 9.01. The number of benzene rings is 1. The van der Waals surface area contributed by atoms with Gasteiger partial charge in [-0.2, -0.15) is 11.8 Å². The fourth-order valence-electron chi connectivity index (χ4n) is 1.45. The number of rotatable bonds is 6. The first-order chi connectivity index (χ1) is 9.52. The highest BCUT2D eigenvalue weighted by Crippen LogP contribution is 2.15. The minimum absolute atomic E-state index is 0.0275. The number of aliphatic hydroxyl groups is 1. The van der Waals surface area contributed by atoms with Crippen LogP contribution >= 0.6 is 11.8 Å². The van der Waals surface area contributed by atoms with Crippen molar-refractivity contribution in [2.45, 2.75) is 11.3 Å². The van der Waals surface area contributed by atoms with Crippen molar-refractivity contribution >= 4 is 21.8 Å². The van der Waals surface area contributed by atoms with Crippen LogP contribution in [-0.4, -0.2) is 50.0 Å². The van der Waals surface area contributed by atoms with Gasteiger partial charge in [0.15, 0.2) is 0 Å². The van der Waals surface area contributed by atoms with Gasteiger partial charge in [-0.3, -0.25) is 0 Å². The smallest absolute Gasteiger partial charge is 0.242 e. The van der Waals surface area contributed by atoms with Gasteiger partial charge in [0.05, 0.1) is 11.5 Å². The molecule has 0 fully saturated rings. The van der Waals surface area contributed by atoms with Crippen LogP contribution in [-0.2, 0) is 10.0 Å². The number of sulfonamides is 1. The van der Waals surface area contributed by atoms with E-state index in [0.29, 0.717) is 13.0 Å². The van der Waals surface area contributed by atoms with Crippen molar-refractivity contribution in [2.24, 2.45) is 0 Å². The predicted molar refractivity (Wildman–Crippen MR) is 83.2 cm³/mol. The Labute approximate surface area is 125 Å². The Hall–Kier alpha value is -1.00. The van der Waals surface area contributed by atoms with Gasteiger partial charge in [0.1, 0.15) is 0 Å². The molecule has 0 bridgehead atoms. The van der Waals surface area contributed by atoms with E-state index in [2.05, 4.69) is 11.8 Å². The largest absolute Gasteiger partial charge is 0.395 e. The standard InChI is InChI=1S/C14H19NO3S2/c1-15(10-12-19-2)20(17,18)14-8-6-13(7-9-14)5-3-4-11-16/h6-9,16H,4,10-12H2,1-2H3. The van der Waals surface area contributed by atoms with Crippen LogP contribution in [0.3, 0.4) is 0 Å². The predicted octanol–water partition coefficient (Wildman–Crippen LogP) is 1.40. The molecule has 0 unspecified atom stereocenters. The molecular weight excluding hydrogens is 294 g/mol. The van der Waals surface area contributed by atoms with Gasteiger partial charge in [-0.1, -0.05) is 11.8 Å². The van der Waals surface area contributed by atoms with Gasteiger partial charge in [-0.05, 0) is 30.5 Å². The van der Waals surface area contributed by atoms with E-state index in [9.17, 15) is 8.42 Å². The van der Waals surface area contributed by atoms with E-state index in [1.165, 1.54) is 4.31 Å². The molecule has 0 saturated carbocycles. The Morgan fingerprint density at radius 3 is 2.50 bits per heavy atom. The summed E-state index contributed by atoms with van der Waals surface area (Å²) in [4.78, 5) is 0.272. The third-order valence-corrected chi connectivity index (χ3v) is 5.10. The van der Waals surface area contributed by atoms with Crippen LogP contribution in [0.1, 0.15) is 12.0 Å². The molecule has 0 aliphatic carbocycles. The van der Waals surface area contributed by atoms with Crippen LogP contribution in [0.2, 0.25) is 0 Å². The number of nitrogens with zero attached hydrogens (tertiary/aromatic N) is 1. The lowest BCUT2D eigenvalue weighted by Crippen LogP contribution is -2.29. The van der Waals surface area contributed by atoms with E-state index >= 15 is 0 Å². The van der Waals surface area contributed by atoms with Crippen molar-refractivity contribution in [3.63, 3.8) is 0 Å². The van der Waals surface area contributed by atoms with Crippen LogP contribution in [0.5, 0.6) is 0 Å². The zero-order valence-corrected chi connectivity index (χ0v) is 13.3. The Morgan fingerprint density at radius 2 is 1.95 bits per heavy atom. The molecule has 1 rings (SSSR count). The van der Waals surface area contributed by atoms with Crippen molar-refractivity contribution in [1.29, 1.82) is 0 Å². The first-order valence-electron chi connectivity index (χ1n) is 6.17. The molecule has 0 atom stereocenters. The minimum atomic E-state index is -3.42. The van der Waals surface area contributed by atoms with Gasteiger partial charge in [0, 0.05) is 31.3 Å². The van der Waals surface area contributed by atoms with Crippen LogP contribution in [0, 0.1) is 11.8 Å². The summed E-state index contributed by atoms with van der Waals surface area (Å²) >= 11 is 1.61. The zero-order valence-electron chi connectivity index (χ0n) is 11.7. The summed E-state index contributed by atoms with van der Waals surface area (Å²) in [5, 5.41) is 8.64. The first kappa shape index (κ1) is 17.1. The average Bonchev–Trinajstić information content (AvgIpc) is 2.45. The number of aliphatic hydroxyl groups excluding tert-OH is 1. The molecule has 6 heteroatoms. The summed E-state index contributed by atoms with van der Waals surface area (Å²) < 4.78 is 25.9. The summed E-state index contributed by atoms with van der Waals surface area (Å²) in [6.45, 7) is 0.515. The highest BCUT2D eigenvalue weighted by atomic mass is 32.2. The third kappa shape index (κ3) is 4.84. The summed E-state index contributed by atoms with van der Waals surface area (Å²) in [5.74, 6) is 6.43. The molecule has 1 aromatic carbocycles. The Morgan fingerprint density at radius 1 is 1.30 bits per heavy atom. The Balaban J connectivity index is 2.85. The van der Waals surface area contributed by atoms with Crippen LogP contribution in [0.15, 0.2) is 29.2 Å². The molecule has 0 heterocycles. The lowest BCUT2D eigenvalue weighted by atomic mass is 10.2. The number of hydrogen-bond donors (Lipinski definition) is 1. The van der Waals surface area contributed by atoms with E-state index in [0.717, 1.165) is 11.3 Å². The molecule has 1 aromatic rings. The molecule has 0 aromatic heterocycles. The minimum Gasteiger partial charge on any atom is -0.395 e. The molecular formula is C14H19NO3S2. The van der Waals surface area contributed by atoms with Crippen LogP contribution < -0.4 is 0 Å². The Kier molecular flexibility index (Phi) is 7.10. The van der Waals surface area contributed by atoms with Crippen molar-refractivity contribution in [3.05, 3.63) is 29.8 Å². The van der Waals surface area contributed by atoms with E-state index in [-0.39, 0.29) is 11.5 Å². The molecule has 0 aliphatic rings. The monoisotopic (exact) mass is 313 g/mol. The van der Waals surface area contributed by atoms with Gasteiger partial charge < -0.3 is 5.11 Å². The van der Waals surface area contributed by atoms with Crippen LogP contribution in [0.25, 0.3) is 0 Å². The fourth-order valence-corrected chi connectivity index (χ4v) is 3.19. The van der Waals surface area contributed by atoms with Crippen LogP contribution in [0.4, 0.5) is 0 Å². The molecule has 110 valence electrons. The lowest BCUT2D eigenvalue weighted by Gasteiger charge is -2.16. The summed E-state index contributed by atoms with van der Waals surface area (Å²) in [5.41, 5.74) is 0.740. The fraction of sp³-hybridized carbons (Fsp3) is 0.429. The summed E-state index contributed by atoms with van der Waals surface area (Å²) in [6, 6.07) is 6.49. The molecule has 20 heavy (non-hydrogen) atoms. The molecule has 0 aliphatic heterocycles. The summed E-state index contributed by atoms with van der Waals surface area (Å²) in [6.07, 6.45) is 2.36. The molecule has 1 N–H and O–H groups in total. The topological polar surface area (TPSA) is 57.6 Å². The molecule has 0 spiro atoms. The normalized spacial score (nSPS) is 11.2. The van der Waals surface area contributed by atoms with Gasteiger partial charge in [0.2, 0.25) is 10.0 Å². The zero-order chi connectivity index (χ0) is 15.0. The van der Waals surface area contributed by atoms with Gasteiger partial charge >= 0.3 is 0 Å². The molecule has 0 radical (unpaired) electrons. The quantitative estimate of drug-likeness (QED) is 0.807. The average molecular weight is 313 g/mol. The maximum Gasteiger partial charge on any atom is 0.242 e. The molecule has 4 nitrogen and oxygen atoms in total. The van der Waals surface area contributed by atoms with Crippen molar-refractivity contribution < 1.29 is 13.5 Å². The molecule has 0 saturated heterocycles. The van der Waals surface area contributed by atoms with Gasteiger partial charge in [-0.15, -0.1) is 0 Å². The van der Waals surface area contributed by atoms with Crippen molar-refractivity contribution in [3.8, 4) is 11.8 Å². The summed E-state index contributed by atoms with van der Waals surface area (Å²) in [7, 11) is -1.84. The SMILES string of the molecule is CSCCN(C)S(=O)(=O)c1ccc(C#CCCO)cc1. The second-order valence-electron chi connectivity index (χ2n) is 4.12. The second-order valence-corrected chi connectivity index (χ2v) is 7.15. The van der Waals surface area contributed by atoms with E-state index < -0.39 is 10.0 Å². The van der Waals surface area contributed by atoms with E-state index in [1.54, 1.807) is 43.1 Å². The number of hydrogen-bond acceptors (Lipinski definition) is 4.